The van der Waals surface area contributed by atoms with Crippen LogP contribution in [0.25, 0.3) is 0 Å². The Morgan fingerprint density at radius 3 is 2.81 bits per heavy atom. The Balaban J connectivity index is 1.71. The molecule has 1 aliphatic carbocycles. The second-order valence-corrected chi connectivity index (χ2v) is 7.97. The van der Waals surface area contributed by atoms with Gasteiger partial charge in [-0.3, -0.25) is 4.79 Å². The molecule has 0 spiro atoms. The Bertz CT molecular complexity index is 692. The van der Waals surface area contributed by atoms with Crippen molar-refractivity contribution in [1.29, 1.82) is 0 Å². The lowest BCUT2D eigenvalue weighted by Crippen LogP contribution is -2.40. The molecule has 1 unspecified atom stereocenters. The standard InChI is InChI=1S/C17H16INOS/c18-14-4-2-1-3-12(14)17(20)19-9-7-15-13(8-10-21-15)16(19)11-5-6-11/h1-4,8,10-11,16H,5-7,9H2. The zero-order chi connectivity index (χ0) is 14.4. The average Bonchev–Trinajstić information content (AvgIpc) is 3.22. The SMILES string of the molecule is O=C(c1ccccc1I)N1CCc2sccc2C1C1CC1. The lowest BCUT2D eigenvalue weighted by Gasteiger charge is -2.36. The van der Waals surface area contributed by atoms with Gasteiger partial charge in [0, 0.05) is 15.0 Å². The summed E-state index contributed by atoms with van der Waals surface area (Å²) >= 11 is 4.11. The zero-order valence-electron chi connectivity index (χ0n) is 11.6. The summed E-state index contributed by atoms with van der Waals surface area (Å²) < 4.78 is 1.05. The molecule has 21 heavy (non-hydrogen) atoms. The van der Waals surface area contributed by atoms with Gasteiger partial charge in [0.05, 0.1) is 11.6 Å². The van der Waals surface area contributed by atoms with Crippen LogP contribution in [0.15, 0.2) is 35.7 Å². The maximum absolute atomic E-state index is 13.0. The van der Waals surface area contributed by atoms with Crippen molar-refractivity contribution < 1.29 is 4.79 Å². The molecule has 1 fully saturated rings. The van der Waals surface area contributed by atoms with Crippen LogP contribution in [0, 0.1) is 9.49 Å². The molecule has 0 radical (unpaired) electrons. The number of hydrogen-bond acceptors (Lipinski definition) is 2. The number of amides is 1. The van der Waals surface area contributed by atoms with E-state index in [-0.39, 0.29) is 5.91 Å². The molecular weight excluding hydrogens is 393 g/mol. The normalized spacial score (nSPS) is 21.2. The van der Waals surface area contributed by atoms with Crippen LogP contribution in [-0.2, 0) is 6.42 Å². The number of carbonyl (C=O) groups excluding carboxylic acids is 1. The Morgan fingerprint density at radius 1 is 1.24 bits per heavy atom. The second kappa shape index (κ2) is 5.39. The largest absolute Gasteiger partial charge is 0.331 e. The summed E-state index contributed by atoms with van der Waals surface area (Å²) in [4.78, 5) is 16.6. The third kappa shape index (κ3) is 2.42. The third-order valence-corrected chi connectivity index (χ3v) is 6.38. The maximum atomic E-state index is 13.0. The molecule has 1 aliphatic heterocycles. The molecule has 0 N–H and O–H groups in total. The number of thiophene rings is 1. The summed E-state index contributed by atoms with van der Waals surface area (Å²) in [5.41, 5.74) is 2.26. The van der Waals surface area contributed by atoms with Gasteiger partial charge < -0.3 is 4.90 Å². The smallest absolute Gasteiger partial charge is 0.255 e. The molecule has 4 rings (SSSR count). The molecule has 1 saturated carbocycles. The summed E-state index contributed by atoms with van der Waals surface area (Å²) in [5.74, 6) is 0.873. The van der Waals surface area contributed by atoms with Crippen LogP contribution in [0.4, 0.5) is 0 Å². The quantitative estimate of drug-likeness (QED) is 0.669. The Labute approximate surface area is 142 Å². The van der Waals surface area contributed by atoms with Gasteiger partial charge in [0.25, 0.3) is 5.91 Å². The number of hydrogen-bond donors (Lipinski definition) is 0. The number of carbonyl (C=O) groups is 1. The van der Waals surface area contributed by atoms with Gasteiger partial charge in [-0.15, -0.1) is 11.3 Å². The molecule has 4 heteroatoms. The highest BCUT2D eigenvalue weighted by Crippen LogP contribution is 2.48. The van der Waals surface area contributed by atoms with E-state index in [0.717, 1.165) is 22.1 Å². The van der Waals surface area contributed by atoms with Crippen LogP contribution in [0.2, 0.25) is 0 Å². The Kier molecular flexibility index (Phi) is 3.53. The highest BCUT2D eigenvalue weighted by molar-refractivity contribution is 14.1. The molecule has 0 saturated heterocycles. The summed E-state index contributed by atoms with van der Waals surface area (Å²) in [6.45, 7) is 0.860. The molecular formula is C17H16INOS. The van der Waals surface area contributed by atoms with Crippen LogP contribution >= 0.6 is 33.9 Å². The lowest BCUT2D eigenvalue weighted by atomic mass is 9.95. The molecule has 1 amide bonds. The molecule has 2 heterocycles. The Hall–Kier alpha value is -0.880. The molecule has 2 aromatic rings. The van der Waals surface area contributed by atoms with E-state index in [4.69, 9.17) is 0 Å². The number of nitrogens with zero attached hydrogens (tertiary/aromatic N) is 1. The Morgan fingerprint density at radius 2 is 2.05 bits per heavy atom. The summed E-state index contributed by atoms with van der Waals surface area (Å²) in [5, 5.41) is 2.18. The predicted molar refractivity (Wildman–Crippen MR) is 93.7 cm³/mol. The third-order valence-electron chi connectivity index (χ3n) is 4.45. The fourth-order valence-corrected chi connectivity index (χ4v) is 4.81. The average molecular weight is 409 g/mol. The highest BCUT2D eigenvalue weighted by Gasteiger charge is 2.42. The van der Waals surface area contributed by atoms with E-state index in [1.54, 1.807) is 0 Å². The molecule has 108 valence electrons. The summed E-state index contributed by atoms with van der Waals surface area (Å²) in [6, 6.07) is 10.5. The molecule has 2 nitrogen and oxygen atoms in total. The van der Waals surface area contributed by atoms with Crippen LogP contribution in [-0.4, -0.2) is 17.4 Å². The van der Waals surface area contributed by atoms with E-state index in [9.17, 15) is 4.79 Å². The highest BCUT2D eigenvalue weighted by atomic mass is 127. The molecule has 1 aromatic heterocycles. The first-order valence-corrected chi connectivity index (χ1v) is 9.33. The number of fused-ring (bicyclic) bond motifs is 1. The van der Waals surface area contributed by atoms with Crippen molar-refractivity contribution in [1.82, 2.24) is 4.90 Å². The van der Waals surface area contributed by atoms with E-state index < -0.39 is 0 Å². The van der Waals surface area contributed by atoms with Crippen molar-refractivity contribution in [2.45, 2.75) is 25.3 Å². The topological polar surface area (TPSA) is 20.3 Å². The minimum Gasteiger partial charge on any atom is -0.331 e. The van der Waals surface area contributed by atoms with Gasteiger partial charge in [-0.05, 0) is 76.9 Å². The van der Waals surface area contributed by atoms with Crippen LogP contribution in [0.3, 0.4) is 0 Å². The predicted octanol–water partition coefficient (Wildman–Crippen LogP) is 4.50. The van der Waals surface area contributed by atoms with Crippen LogP contribution in [0.1, 0.15) is 39.7 Å². The second-order valence-electron chi connectivity index (χ2n) is 5.81. The molecule has 1 aromatic carbocycles. The first kappa shape index (κ1) is 13.8. The van der Waals surface area contributed by atoms with Gasteiger partial charge in [-0.2, -0.15) is 0 Å². The van der Waals surface area contributed by atoms with Gasteiger partial charge in [-0.25, -0.2) is 0 Å². The van der Waals surface area contributed by atoms with Gasteiger partial charge in [0.15, 0.2) is 0 Å². The van der Waals surface area contributed by atoms with E-state index in [1.165, 1.54) is 23.3 Å². The van der Waals surface area contributed by atoms with Crippen LogP contribution < -0.4 is 0 Å². The lowest BCUT2D eigenvalue weighted by molar-refractivity contribution is 0.0636. The van der Waals surface area contributed by atoms with Crippen molar-refractivity contribution in [2.75, 3.05) is 6.54 Å². The monoisotopic (exact) mass is 409 g/mol. The molecule has 0 bridgehead atoms. The first-order chi connectivity index (χ1) is 10.3. The van der Waals surface area contributed by atoms with Crippen molar-refractivity contribution >= 4 is 39.8 Å². The molecule has 2 aliphatic rings. The van der Waals surface area contributed by atoms with Crippen molar-refractivity contribution in [3.8, 4) is 0 Å². The number of rotatable bonds is 2. The maximum Gasteiger partial charge on any atom is 0.255 e. The van der Waals surface area contributed by atoms with E-state index in [1.807, 2.05) is 35.6 Å². The van der Waals surface area contributed by atoms with Crippen LogP contribution in [0.5, 0.6) is 0 Å². The zero-order valence-corrected chi connectivity index (χ0v) is 14.6. The summed E-state index contributed by atoms with van der Waals surface area (Å²) in [6.07, 6.45) is 3.52. The number of halogens is 1. The first-order valence-electron chi connectivity index (χ1n) is 7.37. The minimum atomic E-state index is 0.203. The fraction of sp³-hybridized carbons (Fsp3) is 0.353. The van der Waals surface area contributed by atoms with Gasteiger partial charge >= 0.3 is 0 Å². The van der Waals surface area contributed by atoms with Gasteiger partial charge in [0.1, 0.15) is 0 Å². The minimum absolute atomic E-state index is 0.203. The van der Waals surface area contributed by atoms with Gasteiger partial charge in [-0.1, -0.05) is 12.1 Å². The number of benzene rings is 1. The van der Waals surface area contributed by atoms with Gasteiger partial charge in [0.2, 0.25) is 0 Å². The van der Waals surface area contributed by atoms with Crippen molar-refractivity contribution in [3.05, 3.63) is 55.3 Å². The van der Waals surface area contributed by atoms with Crippen molar-refractivity contribution in [2.24, 2.45) is 5.92 Å². The van der Waals surface area contributed by atoms with E-state index >= 15 is 0 Å². The van der Waals surface area contributed by atoms with Crippen molar-refractivity contribution in [3.63, 3.8) is 0 Å². The summed E-state index contributed by atoms with van der Waals surface area (Å²) in [7, 11) is 0. The molecule has 1 atom stereocenters. The van der Waals surface area contributed by atoms with E-state index in [2.05, 4.69) is 38.9 Å². The van der Waals surface area contributed by atoms with E-state index in [0.29, 0.717) is 12.0 Å². The fourth-order valence-electron chi connectivity index (χ4n) is 3.28.